The summed E-state index contributed by atoms with van der Waals surface area (Å²) in [6.07, 6.45) is 1.95. The van der Waals surface area contributed by atoms with E-state index in [0.29, 0.717) is 23.7 Å². The molecule has 6 nitrogen and oxygen atoms in total. The molecule has 2 atom stereocenters. The smallest absolute Gasteiger partial charge is 0.237 e. The summed E-state index contributed by atoms with van der Waals surface area (Å²) in [7, 11) is 4.87. The van der Waals surface area contributed by atoms with Gasteiger partial charge in [-0.15, -0.1) is 11.8 Å². The molecule has 2 amide bonds. The second kappa shape index (κ2) is 8.56. The first-order valence-corrected chi connectivity index (χ1v) is 10.1. The molecule has 0 aliphatic carbocycles. The van der Waals surface area contributed by atoms with Crippen LogP contribution in [-0.2, 0) is 9.59 Å². The third-order valence-electron chi connectivity index (χ3n) is 5.00. The van der Waals surface area contributed by atoms with Gasteiger partial charge in [0.1, 0.15) is 17.4 Å². The predicted octanol–water partition coefficient (Wildman–Crippen LogP) is 3.24. The van der Waals surface area contributed by atoms with Gasteiger partial charge in [-0.05, 0) is 24.5 Å². The zero-order valence-electron chi connectivity index (χ0n) is 16.4. The minimum atomic E-state index is -0.817. The number of benzene rings is 2. The third-order valence-corrected chi connectivity index (χ3v) is 5.80. The maximum absolute atomic E-state index is 13.1. The van der Waals surface area contributed by atoms with E-state index < -0.39 is 5.92 Å². The van der Waals surface area contributed by atoms with Crippen LogP contribution in [-0.4, -0.2) is 50.8 Å². The number of hydrogen-bond donors (Lipinski definition) is 1. The van der Waals surface area contributed by atoms with Crippen LogP contribution in [0.1, 0.15) is 11.5 Å². The van der Waals surface area contributed by atoms with Gasteiger partial charge >= 0.3 is 0 Å². The molecule has 28 heavy (non-hydrogen) atoms. The summed E-state index contributed by atoms with van der Waals surface area (Å²) in [6, 6.07) is 13.0. The lowest BCUT2D eigenvalue weighted by Crippen LogP contribution is -2.32. The van der Waals surface area contributed by atoms with Crippen molar-refractivity contribution in [2.75, 3.05) is 39.4 Å². The summed E-state index contributed by atoms with van der Waals surface area (Å²) >= 11 is 1.54. The predicted molar refractivity (Wildman–Crippen MR) is 110 cm³/mol. The van der Waals surface area contributed by atoms with E-state index in [-0.39, 0.29) is 17.7 Å². The molecular formula is C21H24N2O4S. The fourth-order valence-electron chi connectivity index (χ4n) is 3.56. The van der Waals surface area contributed by atoms with Crippen molar-refractivity contribution in [1.29, 1.82) is 0 Å². The third kappa shape index (κ3) is 3.80. The van der Waals surface area contributed by atoms with Crippen LogP contribution in [0.2, 0.25) is 0 Å². The van der Waals surface area contributed by atoms with E-state index in [2.05, 4.69) is 5.32 Å². The maximum Gasteiger partial charge on any atom is 0.237 e. The highest BCUT2D eigenvalue weighted by molar-refractivity contribution is 7.98. The number of anilines is 1. The SMILES string of the molecule is COc1ccc([C@H]2CN(C)C(=O)[C@@H]2C(=O)Nc2ccccc2SC)c(OC)c1. The molecule has 7 heteroatoms. The Hall–Kier alpha value is -2.67. The van der Waals surface area contributed by atoms with Crippen LogP contribution in [0.15, 0.2) is 47.4 Å². The summed E-state index contributed by atoms with van der Waals surface area (Å²) in [5.41, 5.74) is 1.53. The van der Waals surface area contributed by atoms with E-state index >= 15 is 0 Å². The van der Waals surface area contributed by atoms with Gasteiger partial charge in [-0.1, -0.05) is 18.2 Å². The van der Waals surface area contributed by atoms with Crippen molar-refractivity contribution in [2.24, 2.45) is 5.92 Å². The van der Waals surface area contributed by atoms with Crippen LogP contribution in [0.4, 0.5) is 5.69 Å². The van der Waals surface area contributed by atoms with E-state index in [0.717, 1.165) is 10.5 Å². The molecule has 1 N–H and O–H groups in total. The van der Waals surface area contributed by atoms with Crippen LogP contribution in [0.25, 0.3) is 0 Å². The zero-order valence-corrected chi connectivity index (χ0v) is 17.2. The molecule has 1 heterocycles. The topological polar surface area (TPSA) is 67.9 Å². The number of carbonyl (C=O) groups excluding carboxylic acids is 2. The van der Waals surface area contributed by atoms with Crippen molar-refractivity contribution in [3.63, 3.8) is 0 Å². The molecule has 0 saturated carbocycles. The van der Waals surface area contributed by atoms with Crippen LogP contribution in [0, 0.1) is 5.92 Å². The first-order valence-electron chi connectivity index (χ1n) is 8.91. The number of para-hydroxylation sites is 1. The summed E-state index contributed by atoms with van der Waals surface area (Å²) in [5, 5.41) is 2.94. The number of ether oxygens (including phenoxy) is 2. The minimum Gasteiger partial charge on any atom is -0.497 e. The molecule has 1 aliphatic heterocycles. The molecule has 1 fully saturated rings. The van der Waals surface area contributed by atoms with Gasteiger partial charge in [-0.2, -0.15) is 0 Å². The molecule has 3 rings (SSSR count). The summed E-state index contributed by atoms with van der Waals surface area (Å²) in [6.45, 7) is 0.448. The Morgan fingerprint density at radius 3 is 2.61 bits per heavy atom. The Morgan fingerprint density at radius 1 is 1.18 bits per heavy atom. The van der Waals surface area contributed by atoms with Crippen molar-refractivity contribution < 1.29 is 19.1 Å². The summed E-state index contributed by atoms with van der Waals surface area (Å²) < 4.78 is 10.8. The van der Waals surface area contributed by atoms with Gasteiger partial charge in [0.15, 0.2) is 0 Å². The Kier molecular flexibility index (Phi) is 6.14. The number of rotatable bonds is 6. The summed E-state index contributed by atoms with van der Waals surface area (Å²) in [4.78, 5) is 28.5. The molecule has 0 unspecified atom stereocenters. The molecule has 2 aromatic rings. The highest BCUT2D eigenvalue weighted by Gasteiger charge is 2.45. The number of likely N-dealkylation sites (tertiary alicyclic amines) is 1. The van der Waals surface area contributed by atoms with E-state index in [4.69, 9.17) is 9.47 Å². The van der Waals surface area contributed by atoms with E-state index in [1.165, 1.54) is 0 Å². The Balaban J connectivity index is 1.94. The van der Waals surface area contributed by atoms with Crippen LogP contribution < -0.4 is 14.8 Å². The Morgan fingerprint density at radius 2 is 1.93 bits per heavy atom. The van der Waals surface area contributed by atoms with Crippen LogP contribution in [0.3, 0.4) is 0 Å². The Bertz CT molecular complexity index is 886. The highest BCUT2D eigenvalue weighted by Crippen LogP contribution is 2.40. The van der Waals surface area contributed by atoms with Gasteiger partial charge in [0, 0.05) is 36.0 Å². The second-order valence-electron chi connectivity index (χ2n) is 6.60. The van der Waals surface area contributed by atoms with Crippen LogP contribution in [0.5, 0.6) is 11.5 Å². The van der Waals surface area contributed by atoms with Crippen molar-refractivity contribution in [2.45, 2.75) is 10.8 Å². The number of thioether (sulfide) groups is 1. The molecule has 0 aromatic heterocycles. The van der Waals surface area contributed by atoms with E-state index in [9.17, 15) is 9.59 Å². The number of methoxy groups -OCH3 is 2. The normalized spacial score (nSPS) is 18.9. The second-order valence-corrected chi connectivity index (χ2v) is 7.45. The number of likely N-dealkylation sites (N-methyl/N-ethyl adjacent to an activating group) is 1. The molecule has 1 saturated heterocycles. The van der Waals surface area contributed by atoms with Gasteiger partial charge in [0.2, 0.25) is 11.8 Å². The van der Waals surface area contributed by atoms with Crippen LogP contribution >= 0.6 is 11.8 Å². The summed E-state index contributed by atoms with van der Waals surface area (Å²) in [5.74, 6) is -0.356. The first-order chi connectivity index (χ1) is 13.5. The zero-order chi connectivity index (χ0) is 20.3. The molecule has 0 bridgehead atoms. The number of nitrogens with zero attached hydrogens (tertiary/aromatic N) is 1. The minimum absolute atomic E-state index is 0.193. The van der Waals surface area contributed by atoms with Gasteiger partial charge in [-0.25, -0.2) is 0 Å². The average Bonchev–Trinajstić information content (AvgIpc) is 3.02. The Labute approximate surface area is 169 Å². The molecule has 0 spiro atoms. The van der Waals surface area contributed by atoms with Crippen molar-refractivity contribution in [3.05, 3.63) is 48.0 Å². The van der Waals surface area contributed by atoms with E-state index in [1.54, 1.807) is 44.0 Å². The molecule has 1 aliphatic rings. The number of amides is 2. The highest BCUT2D eigenvalue weighted by atomic mass is 32.2. The maximum atomic E-state index is 13.1. The van der Waals surface area contributed by atoms with Gasteiger partial charge < -0.3 is 19.7 Å². The molecular weight excluding hydrogens is 376 g/mol. The number of carbonyl (C=O) groups is 2. The lowest BCUT2D eigenvalue weighted by atomic mass is 9.87. The average molecular weight is 401 g/mol. The first kappa shape index (κ1) is 20.1. The van der Waals surface area contributed by atoms with Crippen molar-refractivity contribution in [3.8, 4) is 11.5 Å². The van der Waals surface area contributed by atoms with Gasteiger partial charge in [-0.3, -0.25) is 9.59 Å². The fourth-order valence-corrected chi connectivity index (χ4v) is 4.11. The molecule has 148 valence electrons. The largest absolute Gasteiger partial charge is 0.497 e. The fraction of sp³-hybridized carbons (Fsp3) is 0.333. The monoisotopic (exact) mass is 400 g/mol. The lowest BCUT2D eigenvalue weighted by molar-refractivity contribution is -0.135. The number of hydrogen-bond acceptors (Lipinski definition) is 5. The van der Waals surface area contributed by atoms with Crippen molar-refractivity contribution in [1.82, 2.24) is 4.90 Å². The van der Waals surface area contributed by atoms with Gasteiger partial charge in [0.05, 0.1) is 19.9 Å². The molecule has 2 aromatic carbocycles. The van der Waals surface area contributed by atoms with E-state index in [1.807, 2.05) is 42.7 Å². The quantitative estimate of drug-likeness (QED) is 0.596. The van der Waals surface area contributed by atoms with Gasteiger partial charge in [0.25, 0.3) is 0 Å². The lowest BCUT2D eigenvalue weighted by Gasteiger charge is -2.20. The number of nitrogens with one attached hydrogen (secondary N) is 1. The molecule has 0 radical (unpaired) electrons. The van der Waals surface area contributed by atoms with Crippen molar-refractivity contribution >= 4 is 29.3 Å². The standard InChI is InChI=1S/C21H24N2O4S/c1-23-12-15(14-10-9-13(26-2)11-17(14)27-3)19(21(23)25)20(24)22-16-7-5-6-8-18(16)28-4/h5-11,15,19H,12H2,1-4H3,(H,22,24)/t15-,19+/m1/s1.